The number of hydrogen-bond acceptors (Lipinski definition) is 3. The second-order valence-electron chi connectivity index (χ2n) is 4.16. The van der Waals surface area contributed by atoms with E-state index in [4.69, 9.17) is 5.73 Å². The SMILES string of the molecule is CCc1cccc(CC)c1NC(=O)C(=O)NCCN. The molecule has 0 bridgehead atoms. The fraction of sp³-hybridized carbons (Fsp3) is 0.429. The third-order valence-corrected chi connectivity index (χ3v) is 2.87. The lowest BCUT2D eigenvalue weighted by Gasteiger charge is -2.14. The molecule has 19 heavy (non-hydrogen) atoms. The minimum atomic E-state index is -0.654. The smallest absolute Gasteiger partial charge is 0.313 e. The number of benzene rings is 1. The topological polar surface area (TPSA) is 84.2 Å². The van der Waals surface area contributed by atoms with Crippen molar-refractivity contribution < 1.29 is 9.59 Å². The largest absolute Gasteiger partial charge is 0.347 e. The molecule has 4 N–H and O–H groups in total. The van der Waals surface area contributed by atoms with Gasteiger partial charge in [0.05, 0.1) is 0 Å². The Balaban J connectivity index is 2.86. The Labute approximate surface area is 113 Å². The van der Waals surface area contributed by atoms with Crippen LogP contribution in [0.2, 0.25) is 0 Å². The third-order valence-electron chi connectivity index (χ3n) is 2.87. The van der Waals surface area contributed by atoms with E-state index in [9.17, 15) is 9.59 Å². The molecule has 1 aromatic carbocycles. The molecule has 104 valence electrons. The summed E-state index contributed by atoms with van der Waals surface area (Å²) in [6.07, 6.45) is 1.60. The van der Waals surface area contributed by atoms with Gasteiger partial charge in [0.1, 0.15) is 0 Å². The van der Waals surface area contributed by atoms with E-state index >= 15 is 0 Å². The number of carbonyl (C=O) groups is 2. The molecule has 0 saturated heterocycles. The first-order valence-corrected chi connectivity index (χ1v) is 6.54. The molecule has 0 unspecified atom stereocenters. The van der Waals surface area contributed by atoms with E-state index in [0.717, 1.165) is 29.7 Å². The fourth-order valence-corrected chi connectivity index (χ4v) is 1.84. The molecule has 5 heteroatoms. The molecule has 2 amide bonds. The van der Waals surface area contributed by atoms with Crippen molar-refractivity contribution in [2.75, 3.05) is 18.4 Å². The maximum Gasteiger partial charge on any atom is 0.313 e. The molecule has 0 saturated carbocycles. The van der Waals surface area contributed by atoms with Gasteiger partial charge in [-0.2, -0.15) is 0 Å². The first-order chi connectivity index (χ1) is 9.13. The zero-order chi connectivity index (χ0) is 14.3. The van der Waals surface area contributed by atoms with Crippen molar-refractivity contribution in [3.05, 3.63) is 29.3 Å². The van der Waals surface area contributed by atoms with E-state index in [1.165, 1.54) is 0 Å². The minimum Gasteiger partial charge on any atom is -0.347 e. The maximum absolute atomic E-state index is 11.8. The highest BCUT2D eigenvalue weighted by atomic mass is 16.2. The van der Waals surface area contributed by atoms with Gasteiger partial charge in [-0.3, -0.25) is 9.59 Å². The molecule has 0 heterocycles. The molecule has 0 spiro atoms. The number of rotatable bonds is 5. The number of nitrogens with two attached hydrogens (primary N) is 1. The summed E-state index contributed by atoms with van der Waals surface area (Å²) < 4.78 is 0. The molecule has 1 aromatic rings. The summed E-state index contributed by atoms with van der Waals surface area (Å²) in [5.74, 6) is -1.30. The zero-order valence-corrected chi connectivity index (χ0v) is 11.5. The van der Waals surface area contributed by atoms with Crippen molar-refractivity contribution in [2.24, 2.45) is 5.73 Å². The highest BCUT2D eigenvalue weighted by Gasteiger charge is 2.16. The molecular weight excluding hydrogens is 242 g/mol. The Kier molecular flexibility index (Phi) is 6.02. The average Bonchev–Trinajstić information content (AvgIpc) is 2.44. The van der Waals surface area contributed by atoms with Crippen LogP contribution in [0, 0.1) is 0 Å². The van der Waals surface area contributed by atoms with Crippen LogP contribution in [0.4, 0.5) is 5.69 Å². The van der Waals surface area contributed by atoms with E-state index in [1.54, 1.807) is 0 Å². The number of nitrogens with one attached hydrogen (secondary N) is 2. The maximum atomic E-state index is 11.8. The van der Waals surface area contributed by atoms with Crippen LogP contribution in [-0.2, 0) is 22.4 Å². The van der Waals surface area contributed by atoms with Crippen molar-refractivity contribution in [2.45, 2.75) is 26.7 Å². The predicted octanol–water partition coefficient (Wildman–Crippen LogP) is 0.825. The van der Waals surface area contributed by atoms with Gasteiger partial charge in [0.25, 0.3) is 0 Å². The highest BCUT2D eigenvalue weighted by molar-refractivity contribution is 6.39. The predicted molar refractivity (Wildman–Crippen MR) is 75.9 cm³/mol. The van der Waals surface area contributed by atoms with Crippen LogP contribution in [-0.4, -0.2) is 24.9 Å². The van der Waals surface area contributed by atoms with Gasteiger partial charge in [0, 0.05) is 18.8 Å². The van der Waals surface area contributed by atoms with Crippen LogP contribution in [0.3, 0.4) is 0 Å². The standard InChI is InChI=1S/C14H21N3O2/c1-3-10-6-5-7-11(4-2)12(10)17-14(19)13(18)16-9-8-15/h5-7H,3-4,8-9,15H2,1-2H3,(H,16,18)(H,17,19). The van der Waals surface area contributed by atoms with Crippen LogP contribution < -0.4 is 16.4 Å². The Morgan fingerprint density at radius 2 is 1.68 bits per heavy atom. The van der Waals surface area contributed by atoms with Crippen molar-refractivity contribution >= 4 is 17.5 Å². The van der Waals surface area contributed by atoms with Crippen LogP contribution in [0.15, 0.2) is 18.2 Å². The highest BCUT2D eigenvalue weighted by Crippen LogP contribution is 2.22. The number of para-hydroxylation sites is 1. The lowest BCUT2D eigenvalue weighted by atomic mass is 10.0. The summed E-state index contributed by atoms with van der Waals surface area (Å²) in [5, 5.41) is 5.15. The van der Waals surface area contributed by atoms with Gasteiger partial charge in [-0.25, -0.2) is 0 Å². The van der Waals surface area contributed by atoms with Gasteiger partial charge in [0.15, 0.2) is 0 Å². The summed E-state index contributed by atoms with van der Waals surface area (Å²) in [6.45, 7) is 4.63. The molecule has 0 radical (unpaired) electrons. The van der Waals surface area contributed by atoms with E-state index in [0.29, 0.717) is 13.1 Å². The summed E-state index contributed by atoms with van der Waals surface area (Å²) in [5.41, 5.74) is 8.08. The average molecular weight is 263 g/mol. The molecule has 0 fully saturated rings. The van der Waals surface area contributed by atoms with Crippen LogP contribution in [0.5, 0.6) is 0 Å². The van der Waals surface area contributed by atoms with Gasteiger partial charge in [-0.1, -0.05) is 32.0 Å². The van der Waals surface area contributed by atoms with E-state index in [2.05, 4.69) is 10.6 Å². The molecule has 0 aliphatic rings. The molecule has 0 aliphatic heterocycles. The molecule has 0 aromatic heterocycles. The monoisotopic (exact) mass is 263 g/mol. The molecule has 5 nitrogen and oxygen atoms in total. The van der Waals surface area contributed by atoms with E-state index in [1.807, 2.05) is 32.0 Å². The molecule has 1 rings (SSSR count). The quantitative estimate of drug-likeness (QED) is 0.688. The van der Waals surface area contributed by atoms with Crippen molar-refractivity contribution in [3.63, 3.8) is 0 Å². The van der Waals surface area contributed by atoms with E-state index in [-0.39, 0.29) is 0 Å². The fourth-order valence-electron chi connectivity index (χ4n) is 1.84. The summed E-state index contributed by atoms with van der Waals surface area (Å²) in [4.78, 5) is 23.3. The number of carbonyl (C=O) groups excluding carboxylic acids is 2. The first kappa shape index (κ1) is 15.2. The second kappa shape index (κ2) is 7.53. The summed E-state index contributed by atoms with van der Waals surface area (Å²) >= 11 is 0. The van der Waals surface area contributed by atoms with E-state index < -0.39 is 11.8 Å². The number of hydrogen-bond donors (Lipinski definition) is 3. The molecule has 0 aliphatic carbocycles. The number of anilines is 1. The lowest BCUT2D eigenvalue weighted by molar-refractivity contribution is -0.136. The van der Waals surface area contributed by atoms with Gasteiger partial charge >= 0.3 is 11.8 Å². The summed E-state index contributed by atoms with van der Waals surface area (Å²) in [7, 11) is 0. The summed E-state index contributed by atoms with van der Waals surface area (Å²) in [6, 6.07) is 5.86. The Hall–Kier alpha value is -1.88. The molecular formula is C14H21N3O2. The van der Waals surface area contributed by atoms with Crippen LogP contribution >= 0.6 is 0 Å². The number of amides is 2. The van der Waals surface area contributed by atoms with Gasteiger partial charge in [-0.15, -0.1) is 0 Å². The van der Waals surface area contributed by atoms with Gasteiger partial charge < -0.3 is 16.4 Å². The Morgan fingerprint density at radius 3 is 2.16 bits per heavy atom. The molecule has 0 atom stereocenters. The van der Waals surface area contributed by atoms with Crippen LogP contribution in [0.1, 0.15) is 25.0 Å². The Morgan fingerprint density at radius 1 is 1.11 bits per heavy atom. The zero-order valence-electron chi connectivity index (χ0n) is 11.5. The third kappa shape index (κ3) is 4.06. The second-order valence-corrected chi connectivity index (χ2v) is 4.16. The van der Waals surface area contributed by atoms with Crippen molar-refractivity contribution in [3.8, 4) is 0 Å². The lowest BCUT2D eigenvalue weighted by Crippen LogP contribution is -2.38. The normalized spacial score (nSPS) is 10.1. The minimum absolute atomic E-state index is 0.294. The van der Waals surface area contributed by atoms with Crippen LogP contribution in [0.25, 0.3) is 0 Å². The van der Waals surface area contributed by atoms with Crippen molar-refractivity contribution in [1.29, 1.82) is 0 Å². The Bertz CT molecular complexity index is 436. The van der Waals surface area contributed by atoms with Gasteiger partial charge in [-0.05, 0) is 24.0 Å². The van der Waals surface area contributed by atoms with Crippen molar-refractivity contribution in [1.82, 2.24) is 5.32 Å². The first-order valence-electron chi connectivity index (χ1n) is 6.54. The number of aryl methyl sites for hydroxylation is 2. The van der Waals surface area contributed by atoms with Gasteiger partial charge in [0.2, 0.25) is 0 Å².